The number of fused-ring (bicyclic) bond motifs is 1. The number of hydrogen-bond donors (Lipinski definition) is 1. The molecule has 1 N–H and O–H groups in total. The number of benzene rings is 1. The molecule has 1 aromatic carbocycles. The van der Waals surface area contributed by atoms with E-state index in [1.807, 2.05) is 27.9 Å². The fraction of sp³-hybridized carbons (Fsp3) is 0.412. The molecular weight excluding hydrogens is 276 g/mol. The molecule has 2 aromatic rings. The third kappa shape index (κ3) is 3.36. The van der Waals surface area contributed by atoms with Crippen LogP contribution in [0, 0.1) is 0 Å². The van der Waals surface area contributed by atoms with Gasteiger partial charge in [-0.3, -0.25) is 9.48 Å². The molecule has 0 spiro atoms. The van der Waals surface area contributed by atoms with Gasteiger partial charge in [0.05, 0.1) is 6.54 Å². The van der Waals surface area contributed by atoms with Gasteiger partial charge >= 0.3 is 0 Å². The van der Waals surface area contributed by atoms with Gasteiger partial charge in [-0.25, -0.2) is 0 Å². The summed E-state index contributed by atoms with van der Waals surface area (Å²) in [6.45, 7) is 4.86. The van der Waals surface area contributed by atoms with Crippen molar-refractivity contribution in [3.8, 4) is 0 Å². The lowest BCUT2D eigenvalue weighted by molar-refractivity contribution is -0.129. The van der Waals surface area contributed by atoms with E-state index in [0.29, 0.717) is 6.54 Å². The number of rotatable bonds is 4. The Labute approximate surface area is 130 Å². The van der Waals surface area contributed by atoms with Gasteiger partial charge in [0.2, 0.25) is 5.91 Å². The number of aromatic nitrogens is 2. The van der Waals surface area contributed by atoms with Crippen LogP contribution in [0.3, 0.4) is 0 Å². The molecule has 1 aromatic heterocycles. The van der Waals surface area contributed by atoms with Crippen LogP contribution in [0.5, 0.6) is 0 Å². The Morgan fingerprint density at radius 3 is 3.00 bits per heavy atom. The standard InChI is InChI=1S/C17H22N4O/c1-14(22)20-11-7-17(16-6-3-2-5-15(16)13-20)18-9-12-21-10-4-8-19-21/h2-6,8,10,17-18H,7,9,11-13H2,1H3. The van der Waals surface area contributed by atoms with Crippen LogP contribution in [0.2, 0.25) is 0 Å². The summed E-state index contributed by atoms with van der Waals surface area (Å²) in [5, 5.41) is 7.84. The second kappa shape index (κ2) is 6.75. The molecule has 0 radical (unpaired) electrons. The molecular formula is C17H22N4O. The highest BCUT2D eigenvalue weighted by molar-refractivity contribution is 5.73. The lowest BCUT2D eigenvalue weighted by atomic mass is 9.99. The van der Waals surface area contributed by atoms with E-state index in [-0.39, 0.29) is 11.9 Å². The molecule has 2 heterocycles. The van der Waals surface area contributed by atoms with Gasteiger partial charge in [-0.1, -0.05) is 24.3 Å². The molecule has 1 amide bonds. The van der Waals surface area contributed by atoms with E-state index in [1.54, 1.807) is 13.1 Å². The summed E-state index contributed by atoms with van der Waals surface area (Å²) in [7, 11) is 0. The van der Waals surface area contributed by atoms with Gasteiger partial charge in [0.15, 0.2) is 0 Å². The molecule has 1 atom stereocenters. The number of carbonyl (C=O) groups is 1. The second-order valence-electron chi connectivity index (χ2n) is 5.70. The number of nitrogens with zero attached hydrogens (tertiary/aromatic N) is 3. The summed E-state index contributed by atoms with van der Waals surface area (Å²) in [6, 6.07) is 10.6. The highest BCUT2D eigenvalue weighted by Gasteiger charge is 2.22. The zero-order valence-electron chi connectivity index (χ0n) is 12.9. The van der Waals surface area contributed by atoms with Crippen LogP contribution in [0.1, 0.15) is 30.5 Å². The van der Waals surface area contributed by atoms with Gasteiger partial charge in [0, 0.05) is 45.0 Å². The van der Waals surface area contributed by atoms with Gasteiger partial charge in [-0.15, -0.1) is 0 Å². The molecule has 22 heavy (non-hydrogen) atoms. The molecule has 5 heteroatoms. The average Bonchev–Trinajstić information content (AvgIpc) is 2.95. The lowest BCUT2D eigenvalue weighted by Crippen LogP contribution is -2.30. The van der Waals surface area contributed by atoms with Crippen molar-refractivity contribution in [3.63, 3.8) is 0 Å². The van der Waals surface area contributed by atoms with Crippen molar-refractivity contribution in [3.05, 3.63) is 53.9 Å². The smallest absolute Gasteiger partial charge is 0.219 e. The molecule has 1 aliphatic rings. The van der Waals surface area contributed by atoms with E-state index in [9.17, 15) is 4.79 Å². The van der Waals surface area contributed by atoms with Crippen molar-refractivity contribution >= 4 is 5.91 Å². The summed E-state index contributed by atoms with van der Waals surface area (Å²) in [5.74, 6) is 0.145. The monoisotopic (exact) mass is 298 g/mol. The van der Waals surface area contributed by atoms with E-state index < -0.39 is 0 Å². The minimum absolute atomic E-state index is 0.145. The maximum Gasteiger partial charge on any atom is 0.219 e. The van der Waals surface area contributed by atoms with Gasteiger partial charge in [-0.05, 0) is 23.6 Å². The first-order valence-corrected chi connectivity index (χ1v) is 7.78. The van der Waals surface area contributed by atoms with Crippen LogP contribution in [0.4, 0.5) is 0 Å². The molecule has 3 rings (SSSR count). The first-order chi connectivity index (χ1) is 10.7. The molecule has 0 saturated carbocycles. The van der Waals surface area contributed by atoms with Crippen molar-refractivity contribution in [2.75, 3.05) is 13.1 Å². The summed E-state index contributed by atoms with van der Waals surface area (Å²) in [4.78, 5) is 13.7. The molecule has 0 fully saturated rings. The van der Waals surface area contributed by atoms with Crippen LogP contribution in [-0.4, -0.2) is 33.7 Å². The molecule has 0 aliphatic carbocycles. The minimum atomic E-state index is 0.145. The first kappa shape index (κ1) is 14.8. The molecule has 0 saturated heterocycles. The van der Waals surface area contributed by atoms with Crippen LogP contribution < -0.4 is 5.32 Å². The SMILES string of the molecule is CC(=O)N1CCC(NCCn2cccn2)c2ccccc2C1. The number of amides is 1. The number of nitrogens with one attached hydrogen (secondary N) is 1. The van der Waals surface area contributed by atoms with Gasteiger partial charge in [-0.2, -0.15) is 5.10 Å². The van der Waals surface area contributed by atoms with Crippen molar-refractivity contribution in [2.45, 2.75) is 32.5 Å². The summed E-state index contributed by atoms with van der Waals surface area (Å²) in [5.41, 5.74) is 2.55. The van der Waals surface area contributed by atoms with E-state index >= 15 is 0 Å². The van der Waals surface area contributed by atoms with Gasteiger partial charge in [0.1, 0.15) is 0 Å². The van der Waals surface area contributed by atoms with Crippen molar-refractivity contribution < 1.29 is 4.79 Å². The van der Waals surface area contributed by atoms with E-state index in [0.717, 1.165) is 26.1 Å². The number of carbonyl (C=O) groups excluding carboxylic acids is 1. The number of hydrogen-bond acceptors (Lipinski definition) is 3. The maximum absolute atomic E-state index is 11.7. The summed E-state index contributed by atoms with van der Waals surface area (Å²) in [6.07, 6.45) is 4.71. The Morgan fingerprint density at radius 1 is 1.36 bits per heavy atom. The predicted molar refractivity (Wildman–Crippen MR) is 85.1 cm³/mol. The fourth-order valence-corrected chi connectivity index (χ4v) is 3.01. The molecule has 0 bridgehead atoms. The van der Waals surface area contributed by atoms with Crippen LogP contribution in [-0.2, 0) is 17.9 Å². The Balaban J connectivity index is 1.69. The molecule has 116 valence electrons. The lowest BCUT2D eigenvalue weighted by Gasteiger charge is -2.19. The van der Waals surface area contributed by atoms with E-state index in [1.165, 1.54) is 11.1 Å². The average molecular weight is 298 g/mol. The van der Waals surface area contributed by atoms with Gasteiger partial charge in [0.25, 0.3) is 0 Å². The quantitative estimate of drug-likeness (QED) is 0.939. The molecule has 5 nitrogen and oxygen atoms in total. The third-order valence-corrected chi connectivity index (χ3v) is 4.22. The third-order valence-electron chi connectivity index (χ3n) is 4.22. The summed E-state index contributed by atoms with van der Waals surface area (Å²) < 4.78 is 1.93. The van der Waals surface area contributed by atoms with E-state index in [2.05, 4.69) is 28.6 Å². The van der Waals surface area contributed by atoms with Crippen LogP contribution >= 0.6 is 0 Å². The normalized spacial score (nSPS) is 17.9. The van der Waals surface area contributed by atoms with Crippen LogP contribution in [0.25, 0.3) is 0 Å². The van der Waals surface area contributed by atoms with Crippen molar-refractivity contribution in [1.29, 1.82) is 0 Å². The Kier molecular flexibility index (Phi) is 4.53. The summed E-state index contributed by atoms with van der Waals surface area (Å²) >= 11 is 0. The van der Waals surface area contributed by atoms with E-state index in [4.69, 9.17) is 0 Å². The maximum atomic E-state index is 11.7. The topological polar surface area (TPSA) is 50.2 Å². The Hall–Kier alpha value is -2.14. The van der Waals surface area contributed by atoms with Gasteiger partial charge < -0.3 is 10.2 Å². The van der Waals surface area contributed by atoms with Crippen molar-refractivity contribution in [1.82, 2.24) is 20.0 Å². The zero-order chi connectivity index (χ0) is 15.4. The predicted octanol–water partition coefficient (Wildman–Crippen LogP) is 1.97. The highest BCUT2D eigenvalue weighted by Crippen LogP contribution is 2.26. The first-order valence-electron chi connectivity index (χ1n) is 7.78. The Bertz CT molecular complexity index is 623. The van der Waals surface area contributed by atoms with Crippen LogP contribution in [0.15, 0.2) is 42.7 Å². The fourth-order valence-electron chi connectivity index (χ4n) is 3.01. The molecule has 1 unspecified atom stereocenters. The second-order valence-corrected chi connectivity index (χ2v) is 5.70. The van der Waals surface area contributed by atoms with Crippen molar-refractivity contribution in [2.24, 2.45) is 0 Å². The largest absolute Gasteiger partial charge is 0.339 e. The highest BCUT2D eigenvalue weighted by atomic mass is 16.2. The minimum Gasteiger partial charge on any atom is -0.339 e. The molecule has 1 aliphatic heterocycles. The Morgan fingerprint density at radius 2 is 2.23 bits per heavy atom. The zero-order valence-corrected chi connectivity index (χ0v) is 12.9.